The Morgan fingerprint density at radius 3 is 2.70 bits per heavy atom. The number of anilines is 1. The van der Waals surface area contributed by atoms with Gasteiger partial charge in [-0.2, -0.15) is 0 Å². The monoisotopic (exact) mass is 144 g/mol. The van der Waals surface area contributed by atoms with E-state index >= 15 is 0 Å². The van der Waals surface area contributed by atoms with E-state index in [1.165, 1.54) is 7.05 Å². The lowest BCUT2D eigenvalue weighted by atomic mass is 10.4. The Labute approximate surface area is 56.9 Å². The van der Waals surface area contributed by atoms with E-state index < -0.39 is 11.6 Å². The van der Waals surface area contributed by atoms with Crippen LogP contribution in [0.4, 0.5) is 14.6 Å². The number of hydrogen-bond donors (Lipinski definition) is 1. The molecule has 2 nitrogen and oxygen atoms in total. The Morgan fingerprint density at radius 1 is 1.50 bits per heavy atom. The van der Waals surface area contributed by atoms with Crippen molar-refractivity contribution >= 4 is 5.82 Å². The highest BCUT2D eigenvalue weighted by molar-refractivity contribution is 5.34. The summed E-state index contributed by atoms with van der Waals surface area (Å²) in [4.78, 5) is 3.44. The van der Waals surface area contributed by atoms with Gasteiger partial charge in [0, 0.05) is 13.1 Å². The summed E-state index contributed by atoms with van der Waals surface area (Å²) in [7, 11) is 1.52. The molecule has 0 unspecified atom stereocenters. The Morgan fingerprint density at radius 2 is 2.20 bits per heavy atom. The first-order chi connectivity index (χ1) is 4.74. The molecule has 0 aliphatic heterocycles. The minimum atomic E-state index is -0.678. The van der Waals surface area contributed by atoms with E-state index in [9.17, 15) is 8.78 Å². The molecule has 0 fully saturated rings. The maximum Gasteiger partial charge on any atom is 0.168 e. The van der Waals surface area contributed by atoms with Crippen LogP contribution in [0.3, 0.4) is 0 Å². The van der Waals surface area contributed by atoms with Gasteiger partial charge in [0.15, 0.2) is 11.6 Å². The zero-order valence-electron chi connectivity index (χ0n) is 5.36. The Bertz CT molecular complexity index is 237. The molecule has 1 N–H and O–H groups in total. The third-order valence-corrected chi connectivity index (χ3v) is 1.04. The van der Waals surface area contributed by atoms with Crippen LogP contribution in [0.1, 0.15) is 0 Å². The topological polar surface area (TPSA) is 24.9 Å². The normalized spacial score (nSPS) is 9.50. The molecule has 0 radical (unpaired) electrons. The van der Waals surface area contributed by atoms with Gasteiger partial charge in [-0.3, -0.25) is 0 Å². The molecule has 0 aliphatic rings. The summed E-state index contributed by atoms with van der Waals surface area (Å²) in [6.07, 6.45) is 0.953. The van der Waals surface area contributed by atoms with Gasteiger partial charge in [-0.05, 0) is 0 Å². The first-order valence-corrected chi connectivity index (χ1v) is 2.73. The minimum absolute atomic E-state index is 0.0569. The second-order valence-corrected chi connectivity index (χ2v) is 1.73. The summed E-state index contributed by atoms with van der Waals surface area (Å²) in [6.45, 7) is 0. The third kappa shape index (κ3) is 1.21. The molecule has 1 heterocycles. The van der Waals surface area contributed by atoms with Gasteiger partial charge in [0.1, 0.15) is 5.82 Å². The maximum atomic E-state index is 12.5. The van der Waals surface area contributed by atoms with E-state index in [0.717, 1.165) is 12.3 Å². The van der Waals surface area contributed by atoms with Gasteiger partial charge in [0.25, 0.3) is 0 Å². The number of aromatic nitrogens is 1. The first-order valence-electron chi connectivity index (χ1n) is 2.73. The fraction of sp³-hybridized carbons (Fsp3) is 0.167. The van der Waals surface area contributed by atoms with Crippen molar-refractivity contribution in [3.8, 4) is 0 Å². The van der Waals surface area contributed by atoms with Crippen molar-refractivity contribution < 1.29 is 8.78 Å². The minimum Gasteiger partial charge on any atom is -0.371 e. The first kappa shape index (κ1) is 6.92. The lowest BCUT2D eigenvalue weighted by Crippen LogP contribution is -1.96. The molecule has 0 bridgehead atoms. The average molecular weight is 144 g/mol. The maximum absolute atomic E-state index is 12.5. The Kier molecular flexibility index (Phi) is 1.80. The number of pyridine rings is 1. The van der Waals surface area contributed by atoms with Crippen LogP contribution in [-0.2, 0) is 0 Å². The molecule has 0 atom stereocenters. The highest BCUT2D eigenvalue weighted by atomic mass is 19.1. The fourth-order valence-electron chi connectivity index (χ4n) is 0.599. The van der Waals surface area contributed by atoms with E-state index in [2.05, 4.69) is 10.3 Å². The van der Waals surface area contributed by atoms with Crippen molar-refractivity contribution in [1.82, 2.24) is 4.98 Å². The molecule has 0 spiro atoms. The molecule has 0 saturated carbocycles. The van der Waals surface area contributed by atoms with Crippen molar-refractivity contribution in [2.75, 3.05) is 12.4 Å². The van der Waals surface area contributed by atoms with Gasteiger partial charge < -0.3 is 5.32 Å². The number of nitrogens with zero attached hydrogens (tertiary/aromatic N) is 1. The van der Waals surface area contributed by atoms with E-state index in [1.54, 1.807) is 0 Å². The lowest BCUT2D eigenvalue weighted by molar-refractivity contribution is 0.576. The van der Waals surface area contributed by atoms with Crippen LogP contribution in [0.2, 0.25) is 0 Å². The van der Waals surface area contributed by atoms with Gasteiger partial charge in [-0.15, -0.1) is 0 Å². The van der Waals surface area contributed by atoms with Crippen LogP contribution in [-0.4, -0.2) is 12.0 Å². The largest absolute Gasteiger partial charge is 0.371 e. The summed E-state index contributed by atoms with van der Waals surface area (Å²) >= 11 is 0. The number of rotatable bonds is 1. The molecule has 0 aliphatic carbocycles. The predicted molar refractivity (Wildman–Crippen MR) is 33.7 cm³/mol. The summed E-state index contributed by atoms with van der Waals surface area (Å²) in [5, 5.41) is 2.47. The zero-order chi connectivity index (χ0) is 7.56. The van der Waals surface area contributed by atoms with E-state index in [-0.39, 0.29) is 5.82 Å². The molecule has 0 amide bonds. The lowest BCUT2D eigenvalue weighted by Gasteiger charge is -1.98. The second-order valence-electron chi connectivity index (χ2n) is 1.73. The average Bonchev–Trinajstić information content (AvgIpc) is 1.88. The van der Waals surface area contributed by atoms with Crippen LogP contribution in [0.25, 0.3) is 0 Å². The van der Waals surface area contributed by atoms with Gasteiger partial charge >= 0.3 is 0 Å². The molecule has 0 aromatic carbocycles. The van der Waals surface area contributed by atoms with Crippen LogP contribution in [0, 0.1) is 11.6 Å². The highest BCUT2D eigenvalue weighted by Crippen LogP contribution is 2.09. The molecule has 10 heavy (non-hydrogen) atoms. The summed E-state index contributed by atoms with van der Waals surface area (Å²) in [5.41, 5.74) is 0. The molecule has 1 aromatic heterocycles. The quantitative estimate of drug-likeness (QED) is 0.644. The zero-order valence-corrected chi connectivity index (χ0v) is 5.36. The summed E-state index contributed by atoms with van der Waals surface area (Å²) in [6, 6.07) is 0.777. The number of nitrogens with one attached hydrogen (secondary N) is 1. The molecule has 1 rings (SSSR count). The molecule has 0 saturated heterocycles. The fourth-order valence-corrected chi connectivity index (χ4v) is 0.599. The number of hydrogen-bond acceptors (Lipinski definition) is 2. The molecule has 1 aromatic rings. The number of halogens is 2. The SMILES string of the molecule is CNc1ncc(F)cc1F. The molecular weight excluding hydrogens is 138 g/mol. The predicted octanol–water partition coefficient (Wildman–Crippen LogP) is 1.40. The van der Waals surface area contributed by atoms with Gasteiger partial charge in [-0.25, -0.2) is 13.8 Å². The van der Waals surface area contributed by atoms with Gasteiger partial charge in [-0.1, -0.05) is 0 Å². The van der Waals surface area contributed by atoms with Crippen LogP contribution < -0.4 is 5.32 Å². The van der Waals surface area contributed by atoms with Crippen molar-refractivity contribution in [3.63, 3.8) is 0 Å². The summed E-state index contributed by atoms with van der Waals surface area (Å²) in [5.74, 6) is -1.29. The van der Waals surface area contributed by atoms with Crippen molar-refractivity contribution in [2.24, 2.45) is 0 Å². The van der Waals surface area contributed by atoms with E-state index in [0.29, 0.717) is 0 Å². The molecular formula is C6H6F2N2. The van der Waals surface area contributed by atoms with Crippen LogP contribution >= 0.6 is 0 Å². The third-order valence-electron chi connectivity index (χ3n) is 1.04. The van der Waals surface area contributed by atoms with Crippen LogP contribution in [0.15, 0.2) is 12.3 Å². The second kappa shape index (κ2) is 2.60. The Balaban J connectivity index is 3.07. The van der Waals surface area contributed by atoms with E-state index in [1.807, 2.05) is 0 Å². The molecule has 4 heteroatoms. The van der Waals surface area contributed by atoms with E-state index in [4.69, 9.17) is 0 Å². The smallest absolute Gasteiger partial charge is 0.168 e. The van der Waals surface area contributed by atoms with Crippen molar-refractivity contribution in [3.05, 3.63) is 23.9 Å². The molecule has 54 valence electrons. The van der Waals surface area contributed by atoms with Crippen molar-refractivity contribution in [1.29, 1.82) is 0 Å². The summed E-state index contributed by atoms with van der Waals surface area (Å²) < 4.78 is 24.6. The van der Waals surface area contributed by atoms with Gasteiger partial charge in [0.2, 0.25) is 0 Å². The van der Waals surface area contributed by atoms with Crippen LogP contribution in [0.5, 0.6) is 0 Å². The Hall–Kier alpha value is -1.19. The van der Waals surface area contributed by atoms with Crippen molar-refractivity contribution in [2.45, 2.75) is 0 Å². The standard InChI is InChI=1S/C6H6F2N2/c1-9-6-5(8)2-4(7)3-10-6/h2-3H,1H3,(H,9,10). The highest BCUT2D eigenvalue weighted by Gasteiger charge is 2.00. The van der Waals surface area contributed by atoms with Gasteiger partial charge in [0.05, 0.1) is 6.20 Å².